The van der Waals surface area contributed by atoms with Gasteiger partial charge in [-0.05, 0) is 31.4 Å². The molecule has 36 heavy (non-hydrogen) atoms. The summed E-state index contributed by atoms with van der Waals surface area (Å²) in [6.07, 6.45) is 4.34. The molecule has 0 unspecified atom stereocenters. The minimum atomic E-state index is 0.0482. The van der Waals surface area contributed by atoms with Crippen LogP contribution in [0.4, 0.5) is 23.3 Å². The van der Waals surface area contributed by atoms with E-state index in [0.717, 1.165) is 19.3 Å². The number of hydrogen-bond acceptors (Lipinski definition) is 9. The Kier molecular flexibility index (Phi) is 6.25. The first-order valence-corrected chi connectivity index (χ1v) is 12.2. The van der Waals surface area contributed by atoms with Crippen molar-refractivity contribution in [2.75, 3.05) is 35.2 Å². The molecule has 2 aromatic heterocycles. The van der Waals surface area contributed by atoms with Gasteiger partial charge >= 0.3 is 0 Å². The van der Waals surface area contributed by atoms with Gasteiger partial charge in [0.05, 0.1) is 34.2 Å². The second kappa shape index (κ2) is 9.51. The zero-order valence-electron chi connectivity index (χ0n) is 20.0. The first-order chi connectivity index (χ1) is 17.4. The fourth-order valence-electron chi connectivity index (χ4n) is 4.42. The molecule has 0 spiro atoms. The summed E-state index contributed by atoms with van der Waals surface area (Å²) in [5.41, 5.74) is 2.32. The third-order valence-electron chi connectivity index (χ3n) is 6.54. The molecule has 0 bridgehead atoms. The molecular formula is C24H25ClN10O. The number of piperazine rings is 1. The summed E-state index contributed by atoms with van der Waals surface area (Å²) in [4.78, 5) is 25.0. The average Bonchev–Trinajstić information content (AvgIpc) is 3.60. The number of rotatable bonds is 6. The molecule has 1 amide bonds. The molecule has 1 saturated carbocycles. The van der Waals surface area contributed by atoms with E-state index in [-0.39, 0.29) is 17.9 Å². The summed E-state index contributed by atoms with van der Waals surface area (Å²) >= 11 is 6.90. The average molecular weight is 505 g/mol. The number of fused-ring (bicyclic) bond motifs is 1. The number of halogens is 1. The maximum atomic E-state index is 11.9. The summed E-state index contributed by atoms with van der Waals surface area (Å²) in [7, 11) is 0. The Labute approximate surface area is 213 Å². The van der Waals surface area contributed by atoms with Crippen LogP contribution in [0, 0.1) is 22.7 Å². The molecule has 5 rings (SSSR count). The molecule has 1 aromatic carbocycles. The van der Waals surface area contributed by atoms with Crippen molar-refractivity contribution in [2.24, 2.45) is 0 Å². The lowest BCUT2D eigenvalue weighted by Crippen LogP contribution is -2.54. The largest absolute Gasteiger partial charge is 0.364 e. The molecule has 1 saturated heterocycles. The van der Waals surface area contributed by atoms with Crippen LogP contribution in [0.1, 0.15) is 44.2 Å². The van der Waals surface area contributed by atoms with E-state index >= 15 is 0 Å². The number of carbonyl (C=O) groups is 1. The highest BCUT2D eigenvalue weighted by atomic mass is 35.5. The van der Waals surface area contributed by atoms with Gasteiger partial charge in [0, 0.05) is 38.6 Å². The number of carbonyl (C=O) groups excluding carboxylic acids is 1. The number of benzene rings is 1. The van der Waals surface area contributed by atoms with Crippen molar-refractivity contribution >= 4 is 46.4 Å². The molecule has 1 aliphatic carbocycles. The minimum Gasteiger partial charge on any atom is -0.364 e. The van der Waals surface area contributed by atoms with Gasteiger partial charge in [0.15, 0.2) is 5.65 Å². The van der Waals surface area contributed by atoms with Crippen molar-refractivity contribution in [1.29, 1.82) is 10.5 Å². The van der Waals surface area contributed by atoms with E-state index < -0.39 is 0 Å². The predicted octanol–water partition coefficient (Wildman–Crippen LogP) is 3.29. The van der Waals surface area contributed by atoms with Crippen molar-refractivity contribution in [1.82, 2.24) is 24.5 Å². The smallest absolute Gasteiger partial charge is 0.232 e. The van der Waals surface area contributed by atoms with Crippen LogP contribution in [0.15, 0.2) is 18.3 Å². The molecule has 2 aliphatic rings. The number of anilines is 4. The van der Waals surface area contributed by atoms with Crippen LogP contribution in [0.5, 0.6) is 0 Å². The van der Waals surface area contributed by atoms with E-state index in [1.807, 2.05) is 4.90 Å². The second-order valence-electron chi connectivity index (χ2n) is 9.01. The van der Waals surface area contributed by atoms with Crippen LogP contribution in [0.3, 0.4) is 0 Å². The molecule has 2 N–H and O–H groups in total. The number of nitrogens with zero attached hydrogens (tertiary/aromatic N) is 8. The van der Waals surface area contributed by atoms with E-state index in [1.165, 1.54) is 10.7 Å². The van der Waals surface area contributed by atoms with Crippen LogP contribution in [0.25, 0.3) is 5.65 Å². The lowest BCUT2D eigenvalue weighted by atomic mass is 10.1. The van der Waals surface area contributed by atoms with Crippen molar-refractivity contribution in [3.8, 4) is 12.1 Å². The van der Waals surface area contributed by atoms with Crippen molar-refractivity contribution in [3.63, 3.8) is 0 Å². The highest BCUT2D eigenvalue weighted by Gasteiger charge is 2.30. The van der Waals surface area contributed by atoms with Gasteiger partial charge in [-0.1, -0.05) is 18.5 Å². The van der Waals surface area contributed by atoms with E-state index in [2.05, 4.69) is 49.7 Å². The molecular weight excluding hydrogens is 480 g/mol. The lowest BCUT2D eigenvalue weighted by molar-refractivity contribution is -0.129. The van der Waals surface area contributed by atoms with Crippen molar-refractivity contribution < 1.29 is 4.79 Å². The first kappa shape index (κ1) is 23.6. The topological polar surface area (TPSA) is 138 Å². The van der Waals surface area contributed by atoms with Gasteiger partial charge in [-0.3, -0.25) is 4.79 Å². The van der Waals surface area contributed by atoms with Crippen LogP contribution in [0.2, 0.25) is 5.02 Å². The maximum absolute atomic E-state index is 11.9. The highest BCUT2D eigenvalue weighted by Crippen LogP contribution is 2.38. The Bertz CT molecular complexity index is 1420. The molecule has 2 fully saturated rings. The Morgan fingerprint density at radius 3 is 2.69 bits per heavy atom. The molecule has 3 aromatic rings. The number of aromatic nitrogens is 4. The number of hydrogen-bond donors (Lipinski definition) is 2. The quantitative estimate of drug-likeness (QED) is 0.517. The summed E-state index contributed by atoms with van der Waals surface area (Å²) in [5.74, 6) is 0.761. The fraction of sp³-hybridized carbons (Fsp3) is 0.417. The van der Waals surface area contributed by atoms with Crippen molar-refractivity contribution in [3.05, 3.63) is 34.5 Å². The normalized spacial score (nSPS) is 17.5. The Morgan fingerprint density at radius 1 is 1.22 bits per heavy atom. The van der Waals surface area contributed by atoms with Gasteiger partial charge in [0.1, 0.15) is 11.6 Å². The molecule has 11 nitrogen and oxygen atoms in total. The van der Waals surface area contributed by atoms with Gasteiger partial charge in [-0.25, -0.2) is 0 Å². The maximum Gasteiger partial charge on any atom is 0.232 e. The first-order valence-electron chi connectivity index (χ1n) is 11.9. The van der Waals surface area contributed by atoms with Crippen LogP contribution >= 0.6 is 11.6 Å². The molecule has 3 heterocycles. The second-order valence-corrected chi connectivity index (χ2v) is 9.39. The fourth-order valence-corrected chi connectivity index (χ4v) is 4.68. The third kappa shape index (κ3) is 4.45. The summed E-state index contributed by atoms with van der Waals surface area (Å²) < 4.78 is 1.52. The summed E-state index contributed by atoms with van der Waals surface area (Å²) in [6, 6.07) is 8.12. The minimum absolute atomic E-state index is 0.0482. The highest BCUT2D eigenvalue weighted by molar-refractivity contribution is 6.36. The number of amides is 1. The molecule has 1 aliphatic heterocycles. The Balaban J connectivity index is 1.53. The van der Waals surface area contributed by atoms with E-state index in [9.17, 15) is 15.3 Å². The number of nitriles is 2. The third-order valence-corrected chi connectivity index (χ3v) is 6.93. The van der Waals surface area contributed by atoms with Crippen LogP contribution < -0.4 is 15.5 Å². The molecule has 0 radical (unpaired) electrons. The van der Waals surface area contributed by atoms with E-state index in [1.54, 1.807) is 19.1 Å². The van der Waals surface area contributed by atoms with E-state index in [4.69, 9.17) is 11.6 Å². The summed E-state index contributed by atoms with van der Waals surface area (Å²) in [5, 5.41) is 30.4. The SMILES string of the molecule is CC[C@H]1CN(C(C)=O)CCN1c1cc(C#N)cc(Nc2nc(NC3CC3)n3ncc(C#N)c3n2)c1Cl. The number of nitrogens with one attached hydrogen (secondary N) is 2. The lowest BCUT2D eigenvalue weighted by Gasteiger charge is -2.42. The van der Waals surface area contributed by atoms with E-state index in [0.29, 0.717) is 64.8 Å². The Morgan fingerprint density at radius 2 is 2.03 bits per heavy atom. The zero-order chi connectivity index (χ0) is 25.4. The molecule has 12 heteroatoms. The predicted molar refractivity (Wildman–Crippen MR) is 135 cm³/mol. The van der Waals surface area contributed by atoms with Crippen LogP contribution in [-0.4, -0.2) is 62.1 Å². The van der Waals surface area contributed by atoms with Gasteiger partial charge in [-0.2, -0.15) is 30.1 Å². The van der Waals surface area contributed by atoms with Gasteiger partial charge in [0.25, 0.3) is 0 Å². The summed E-state index contributed by atoms with van der Waals surface area (Å²) in [6.45, 7) is 5.42. The zero-order valence-corrected chi connectivity index (χ0v) is 20.7. The standard InChI is InChI=1S/C24H25ClN10O/c1-3-18-13-33(14(2)36)6-7-34(18)20-9-15(10-26)8-19(21(20)25)30-23-31-22-16(11-27)12-28-35(22)24(32-23)29-17-4-5-17/h8-9,12,17-18H,3-7,13H2,1-2H3,(H2,29,30,31,32)/t18-/m0/s1. The molecule has 184 valence electrons. The van der Waals surface area contributed by atoms with Gasteiger partial charge in [0.2, 0.25) is 17.8 Å². The van der Waals surface area contributed by atoms with Crippen molar-refractivity contribution in [2.45, 2.75) is 45.2 Å². The van der Waals surface area contributed by atoms with Gasteiger partial charge < -0.3 is 20.4 Å². The van der Waals surface area contributed by atoms with Gasteiger partial charge in [-0.15, -0.1) is 0 Å². The monoisotopic (exact) mass is 504 g/mol. The molecule has 1 atom stereocenters. The van der Waals surface area contributed by atoms with Crippen LogP contribution in [-0.2, 0) is 4.79 Å². The Hall–Kier alpha value is -4.09.